The molecule has 2 aromatic rings. The number of hydrogen-bond donors (Lipinski definition) is 0. The van der Waals surface area contributed by atoms with Crippen molar-refractivity contribution in [2.24, 2.45) is 11.3 Å². The number of nitrogens with zero attached hydrogens (tertiary/aromatic N) is 5. The maximum Gasteiger partial charge on any atom is 0.276 e. The molecule has 2 aromatic heterocycles. The molecule has 0 radical (unpaired) electrons. The van der Waals surface area contributed by atoms with Gasteiger partial charge in [0.1, 0.15) is 5.69 Å². The highest BCUT2D eigenvalue weighted by atomic mass is 16.5. The molecule has 2 saturated heterocycles. The molecule has 28 heavy (non-hydrogen) atoms. The average Bonchev–Trinajstić information content (AvgIpc) is 3.32. The van der Waals surface area contributed by atoms with Crippen LogP contribution < -0.4 is 0 Å². The molecule has 0 bridgehead atoms. The molecule has 148 valence electrons. The van der Waals surface area contributed by atoms with Crippen molar-refractivity contribution in [3.8, 4) is 11.6 Å². The Morgan fingerprint density at radius 1 is 1.18 bits per heavy atom. The zero-order valence-electron chi connectivity index (χ0n) is 16.4. The number of amides is 1. The quantitative estimate of drug-likeness (QED) is 0.814. The van der Waals surface area contributed by atoms with Crippen LogP contribution in [-0.2, 0) is 4.79 Å². The van der Waals surface area contributed by atoms with Gasteiger partial charge in [-0.15, -0.1) is 0 Å². The van der Waals surface area contributed by atoms with Gasteiger partial charge in [-0.25, -0.2) is 0 Å². The SMILES string of the molecule is CN1CC2(CC1c1noc(-c3ccccn3)n1)CN(C(=O)C1CCCCC1)C2. The third-order valence-corrected chi connectivity index (χ3v) is 6.69. The summed E-state index contributed by atoms with van der Waals surface area (Å²) in [7, 11) is 2.11. The van der Waals surface area contributed by atoms with Crippen molar-refractivity contribution < 1.29 is 9.32 Å². The van der Waals surface area contributed by atoms with Crippen LogP contribution in [0, 0.1) is 11.3 Å². The molecule has 0 aromatic carbocycles. The number of carbonyl (C=O) groups excluding carboxylic acids is 1. The first kappa shape index (κ1) is 17.8. The Bertz CT molecular complexity index is 839. The molecular weight excluding hydrogens is 354 g/mol. The molecule has 0 N–H and O–H groups in total. The van der Waals surface area contributed by atoms with Crippen LogP contribution in [0.15, 0.2) is 28.9 Å². The Labute approximate surface area is 165 Å². The second-order valence-electron chi connectivity index (χ2n) is 8.84. The summed E-state index contributed by atoms with van der Waals surface area (Å²) in [6, 6.07) is 5.78. The number of carbonyl (C=O) groups is 1. The van der Waals surface area contributed by atoms with Gasteiger partial charge in [0.25, 0.3) is 5.89 Å². The summed E-state index contributed by atoms with van der Waals surface area (Å²) in [5, 5.41) is 4.23. The summed E-state index contributed by atoms with van der Waals surface area (Å²) in [5.41, 5.74) is 0.875. The Balaban J connectivity index is 1.24. The zero-order valence-corrected chi connectivity index (χ0v) is 16.4. The van der Waals surface area contributed by atoms with Crippen molar-refractivity contribution in [2.45, 2.75) is 44.6 Å². The Hall–Kier alpha value is -2.28. The Kier molecular flexibility index (Phi) is 4.42. The minimum Gasteiger partial charge on any atom is -0.341 e. The van der Waals surface area contributed by atoms with E-state index in [2.05, 4.69) is 32.0 Å². The summed E-state index contributed by atoms with van der Waals surface area (Å²) in [6.07, 6.45) is 8.54. The van der Waals surface area contributed by atoms with E-state index in [1.54, 1.807) is 6.20 Å². The van der Waals surface area contributed by atoms with Crippen molar-refractivity contribution in [1.82, 2.24) is 24.9 Å². The van der Waals surface area contributed by atoms with E-state index < -0.39 is 0 Å². The van der Waals surface area contributed by atoms with E-state index in [-0.39, 0.29) is 17.4 Å². The monoisotopic (exact) mass is 381 g/mol. The number of pyridine rings is 1. The summed E-state index contributed by atoms with van der Waals surface area (Å²) >= 11 is 0. The van der Waals surface area contributed by atoms with Crippen molar-refractivity contribution in [2.75, 3.05) is 26.7 Å². The van der Waals surface area contributed by atoms with E-state index in [1.807, 2.05) is 18.2 Å². The first-order chi connectivity index (χ1) is 13.6. The minimum absolute atomic E-state index is 0.133. The van der Waals surface area contributed by atoms with Gasteiger partial charge in [-0.3, -0.25) is 14.7 Å². The van der Waals surface area contributed by atoms with Crippen molar-refractivity contribution >= 4 is 5.91 Å². The largest absolute Gasteiger partial charge is 0.341 e. The summed E-state index contributed by atoms with van der Waals surface area (Å²) in [5.74, 6) is 1.83. The Morgan fingerprint density at radius 2 is 2.00 bits per heavy atom. The fraction of sp³-hybridized carbons (Fsp3) is 0.619. The third kappa shape index (κ3) is 3.11. The first-order valence-electron chi connectivity index (χ1n) is 10.4. The van der Waals surface area contributed by atoms with Crippen LogP contribution in [-0.4, -0.2) is 57.5 Å². The Morgan fingerprint density at radius 3 is 2.75 bits per heavy atom. The molecule has 5 rings (SSSR count). The second-order valence-corrected chi connectivity index (χ2v) is 8.84. The third-order valence-electron chi connectivity index (χ3n) is 6.69. The lowest BCUT2D eigenvalue weighted by molar-refractivity contribution is -0.148. The molecule has 7 nitrogen and oxygen atoms in total. The van der Waals surface area contributed by atoms with Gasteiger partial charge in [-0.05, 0) is 38.4 Å². The molecule has 1 amide bonds. The van der Waals surface area contributed by atoms with E-state index in [0.29, 0.717) is 17.5 Å². The highest BCUT2D eigenvalue weighted by Crippen LogP contribution is 2.48. The van der Waals surface area contributed by atoms with Crippen molar-refractivity contribution in [3.63, 3.8) is 0 Å². The lowest BCUT2D eigenvalue weighted by atomic mass is 9.76. The molecule has 7 heteroatoms. The first-order valence-corrected chi connectivity index (χ1v) is 10.4. The van der Waals surface area contributed by atoms with Gasteiger partial charge in [0.05, 0.1) is 6.04 Å². The lowest BCUT2D eigenvalue weighted by Crippen LogP contribution is -2.60. The standard InChI is InChI=1S/C21H27N5O2/c1-25-12-21(13-26(14-21)20(27)15-7-3-2-4-8-15)11-17(25)18-23-19(28-24-18)16-9-5-6-10-22-16/h5-6,9-10,15,17H,2-4,7-8,11-14H2,1H3. The minimum atomic E-state index is 0.133. The highest BCUT2D eigenvalue weighted by molar-refractivity contribution is 5.80. The predicted octanol–water partition coefficient (Wildman–Crippen LogP) is 2.92. The van der Waals surface area contributed by atoms with Crippen molar-refractivity contribution in [3.05, 3.63) is 30.2 Å². The number of likely N-dealkylation sites (tertiary alicyclic amines) is 2. The van der Waals surface area contributed by atoms with Crippen LogP contribution in [0.5, 0.6) is 0 Å². The molecule has 1 spiro atoms. The second kappa shape index (κ2) is 6.95. The average molecular weight is 381 g/mol. The zero-order chi connectivity index (χ0) is 19.1. The maximum atomic E-state index is 12.8. The predicted molar refractivity (Wildman–Crippen MR) is 103 cm³/mol. The van der Waals surface area contributed by atoms with Gasteiger partial charge in [-0.1, -0.05) is 30.5 Å². The summed E-state index contributed by atoms with van der Waals surface area (Å²) in [4.78, 5) is 26.1. The van der Waals surface area contributed by atoms with E-state index >= 15 is 0 Å². The van der Waals surface area contributed by atoms with E-state index in [4.69, 9.17) is 4.52 Å². The molecule has 2 aliphatic heterocycles. The molecule has 1 atom stereocenters. The fourth-order valence-electron chi connectivity index (χ4n) is 5.28. The van der Waals surface area contributed by atoms with Crippen LogP contribution in [0.1, 0.15) is 50.4 Å². The molecule has 1 aliphatic carbocycles. The molecule has 4 heterocycles. The maximum absolute atomic E-state index is 12.8. The fourth-order valence-corrected chi connectivity index (χ4v) is 5.28. The van der Waals surface area contributed by atoms with Gasteiger partial charge in [0.15, 0.2) is 5.82 Å². The van der Waals surface area contributed by atoms with Gasteiger partial charge in [0, 0.05) is 37.2 Å². The van der Waals surface area contributed by atoms with Crippen LogP contribution >= 0.6 is 0 Å². The molecule has 1 saturated carbocycles. The van der Waals surface area contributed by atoms with Crippen molar-refractivity contribution in [1.29, 1.82) is 0 Å². The normalized spacial score (nSPS) is 25.2. The highest BCUT2D eigenvalue weighted by Gasteiger charge is 2.53. The van der Waals surface area contributed by atoms with E-state index in [0.717, 1.165) is 44.7 Å². The number of aromatic nitrogens is 3. The molecular formula is C21H27N5O2. The van der Waals surface area contributed by atoms with Crippen LogP contribution in [0.2, 0.25) is 0 Å². The summed E-state index contributed by atoms with van der Waals surface area (Å²) < 4.78 is 5.46. The van der Waals surface area contributed by atoms with Gasteiger partial charge in [-0.2, -0.15) is 4.98 Å². The van der Waals surface area contributed by atoms with Crippen LogP contribution in [0.4, 0.5) is 0 Å². The van der Waals surface area contributed by atoms with Gasteiger partial charge < -0.3 is 9.42 Å². The van der Waals surface area contributed by atoms with Gasteiger partial charge >= 0.3 is 0 Å². The topological polar surface area (TPSA) is 75.4 Å². The van der Waals surface area contributed by atoms with Crippen LogP contribution in [0.25, 0.3) is 11.6 Å². The lowest BCUT2D eigenvalue weighted by Gasteiger charge is -2.49. The molecule has 3 fully saturated rings. The molecule has 3 aliphatic rings. The van der Waals surface area contributed by atoms with E-state index in [9.17, 15) is 4.79 Å². The number of rotatable bonds is 3. The smallest absolute Gasteiger partial charge is 0.276 e. The molecule has 1 unspecified atom stereocenters. The van der Waals surface area contributed by atoms with E-state index in [1.165, 1.54) is 19.3 Å². The van der Waals surface area contributed by atoms with Crippen LogP contribution in [0.3, 0.4) is 0 Å². The van der Waals surface area contributed by atoms with Gasteiger partial charge in [0.2, 0.25) is 5.91 Å². The summed E-state index contributed by atoms with van der Waals surface area (Å²) in [6.45, 7) is 2.71. The number of hydrogen-bond acceptors (Lipinski definition) is 6.